The second kappa shape index (κ2) is 29.1. The Hall–Kier alpha value is -4.33. The van der Waals surface area contributed by atoms with Gasteiger partial charge in [-0.15, -0.1) is 10.2 Å². The van der Waals surface area contributed by atoms with E-state index in [0.29, 0.717) is 88.8 Å². The first-order valence-electron chi connectivity index (χ1n) is 34.3. The highest BCUT2D eigenvalue weighted by atomic mass is 32.2. The molecule has 95 heavy (non-hydrogen) atoms. The second-order valence-electron chi connectivity index (χ2n) is 28.6. The van der Waals surface area contributed by atoms with Crippen LogP contribution < -0.4 is 20.7 Å². The van der Waals surface area contributed by atoms with E-state index in [1.54, 1.807) is 25.2 Å². The van der Waals surface area contributed by atoms with Crippen LogP contribution >= 0.6 is 11.8 Å². The van der Waals surface area contributed by atoms with Crippen LogP contribution in [0.2, 0.25) is 0 Å². The molecule has 27 heteroatoms. The summed E-state index contributed by atoms with van der Waals surface area (Å²) in [7, 11) is 0. The molecular weight excluding hydrogens is 1260 g/mol. The number of allylic oxidation sites excluding steroid dienone is 3. The summed E-state index contributed by atoms with van der Waals surface area (Å²) < 4.78 is 120. The van der Waals surface area contributed by atoms with Crippen molar-refractivity contribution in [2.24, 2.45) is 10.2 Å². The number of unbranched alkanes of at least 4 members (excludes halogenated alkanes) is 2. The largest absolute Gasteiger partial charge is 0.490 e. The Morgan fingerprint density at radius 2 is 1.58 bits per heavy atom. The molecule has 0 spiro atoms. The third kappa shape index (κ3) is 15.5. The van der Waals surface area contributed by atoms with E-state index in [1.165, 1.54) is 6.07 Å². The summed E-state index contributed by atoms with van der Waals surface area (Å²) in [5, 5.41) is 48.4. The molecule has 0 aromatic heterocycles. The number of aliphatic hydroxyl groups is 3. The Labute approximate surface area is 557 Å². The number of nitrogens with one attached hydrogen (secondary N) is 3. The SMILES string of the molecule is C[C@@]12O[C@]3(C)C[C@@H]4O[C@@H]5CC[C@@H]6O[C@@H]7C[C@@H]8O[C@H](/C=C/C=C/CCCOC(=O)c9ccc(C%10(C(F)(F)F)N=N%10)cc9OCCOCCOCCNC(=O)CCCC[C@@H]9SC[C@@H]%10NC(=O)N[C@@H]%109)[C@@](C)(O)C=C[C@H]8O[C@@]7(C)C[C@@]6(C)O[C@H]5C[C@H]4O[C@H]3C[C@H]1O[C@@H](CCCO)C[C@@H]2O. The van der Waals surface area contributed by atoms with E-state index in [2.05, 4.69) is 47.0 Å². The van der Waals surface area contributed by atoms with Gasteiger partial charge in [0.15, 0.2) is 0 Å². The second-order valence-corrected chi connectivity index (χ2v) is 29.9. The highest BCUT2D eigenvalue weighted by molar-refractivity contribution is 8.00. The van der Waals surface area contributed by atoms with Crippen LogP contribution in [0.5, 0.6) is 5.75 Å². The maximum atomic E-state index is 14.0. The molecule has 3 amide bonds. The van der Waals surface area contributed by atoms with Gasteiger partial charge in [-0.25, -0.2) is 9.59 Å². The average molecular weight is 1360 g/mol. The molecule has 9 fully saturated rings. The number of carbonyl (C=O) groups is 3. The third-order valence-electron chi connectivity index (χ3n) is 21.3. The van der Waals surface area contributed by atoms with E-state index in [9.17, 15) is 42.9 Å². The number of amides is 3. The van der Waals surface area contributed by atoms with Gasteiger partial charge in [0.05, 0.1) is 129 Å². The molecular formula is C68H96F3N5O18S. The molecule has 11 aliphatic heterocycles. The number of urea groups is 1. The number of thioether (sulfide) groups is 1. The minimum atomic E-state index is -4.80. The van der Waals surface area contributed by atoms with Crippen molar-refractivity contribution in [2.45, 2.75) is 274 Å². The molecule has 21 atom stereocenters. The molecule has 11 heterocycles. The molecule has 9 saturated heterocycles. The molecule has 528 valence electrons. The fourth-order valence-corrected chi connectivity index (χ4v) is 17.6. The van der Waals surface area contributed by atoms with Crippen LogP contribution in [0.15, 0.2) is 64.9 Å². The molecule has 12 rings (SSSR count). The normalized spacial score (nSPS) is 40.6. The fraction of sp³-hybridized carbons (Fsp3) is 0.779. The van der Waals surface area contributed by atoms with Crippen LogP contribution in [0.1, 0.15) is 153 Å². The van der Waals surface area contributed by atoms with Crippen molar-refractivity contribution >= 4 is 29.7 Å². The average Bonchev–Trinajstić information content (AvgIpc) is 1.55. The van der Waals surface area contributed by atoms with Crippen molar-refractivity contribution in [2.75, 3.05) is 58.5 Å². The minimum Gasteiger partial charge on any atom is -0.490 e. The van der Waals surface area contributed by atoms with Crippen molar-refractivity contribution < 1.29 is 99.7 Å². The number of esters is 1. The zero-order valence-corrected chi connectivity index (χ0v) is 55.8. The van der Waals surface area contributed by atoms with Gasteiger partial charge < -0.3 is 88.1 Å². The lowest BCUT2D eigenvalue weighted by Crippen LogP contribution is -2.72. The molecule has 0 aliphatic carbocycles. The highest BCUT2D eigenvalue weighted by Gasteiger charge is 2.67. The summed E-state index contributed by atoms with van der Waals surface area (Å²) in [4.78, 5) is 37.4. The molecule has 11 aliphatic rings. The maximum absolute atomic E-state index is 14.0. The summed E-state index contributed by atoms with van der Waals surface area (Å²) >= 11 is 1.85. The van der Waals surface area contributed by atoms with E-state index in [0.717, 1.165) is 43.6 Å². The highest BCUT2D eigenvalue weighted by Crippen LogP contribution is 2.56. The first kappa shape index (κ1) is 70.5. The summed E-state index contributed by atoms with van der Waals surface area (Å²) in [5.74, 6) is -0.0938. The fourth-order valence-electron chi connectivity index (χ4n) is 16.1. The zero-order chi connectivity index (χ0) is 67.0. The Bertz CT molecular complexity index is 3000. The summed E-state index contributed by atoms with van der Waals surface area (Å²) in [5.41, 5.74) is -7.54. The molecule has 0 radical (unpaired) electrons. The minimum absolute atomic E-state index is 0.00106. The summed E-state index contributed by atoms with van der Waals surface area (Å²) in [6.45, 7) is 10.9. The number of alkyl halides is 3. The zero-order valence-electron chi connectivity index (χ0n) is 55.0. The van der Waals surface area contributed by atoms with Crippen LogP contribution in [0.3, 0.4) is 0 Å². The standard InChI is InChI=1S/C68H96F3N5O18S/c1-62(82)23-22-45-48(35-55-65(4,92-45)39-64(3)54(91-55)21-20-44-49(93-64)34-47-50(88-44)37-63(2)56(90-47)36-57-66(5,94-63)52(78)33-41(87-57)14-13-25-77)89-53(62)16-9-7-6-8-12-26-86-60(80)42-19-18-40(67(75-76-67)68(69,70)71)32-46(42)85-31-30-84-29-28-83-27-24-72-58(79)17-11-10-15-51-59-43(38-95-51)73-61(81)74-59/h6-7,9,16,18-19,22-23,32,41,43-45,47-57,59,77-78,82H,8,10-15,17,20-21,24-31,33-39H2,1-5H3,(H,72,79)(H2,73,74,81)/b7-6+,16-9+/t41-,43-,44+,45+,47+,48-,49-,50-,51-,52-,53+,54-,55+,56-,57+,59-,62-,63+,64+,65-,66-/m0/s1. The van der Waals surface area contributed by atoms with Gasteiger partial charge in [0, 0.05) is 74.7 Å². The number of aliphatic hydroxyl groups excluding tert-OH is 2. The van der Waals surface area contributed by atoms with Crippen LogP contribution in [0.4, 0.5) is 18.0 Å². The number of benzene rings is 1. The number of nitrogens with zero attached hydrogens (tertiary/aromatic N) is 2. The molecule has 23 nitrogen and oxygen atoms in total. The monoisotopic (exact) mass is 1360 g/mol. The van der Waals surface area contributed by atoms with E-state index in [4.69, 9.17) is 56.8 Å². The molecule has 0 unspecified atom stereocenters. The molecule has 0 saturated carbocycles. The Morgan fingerprint density at radius 3 is 2.38 bits per heavy atom. The van der Waals surface area contributed by atoms with Crippen LogP contribution in [-0.2, 0) is 62.6 Å². The molecule has 6 N–H and O–H groups in total. The predicted molar refractivity (Wildman–Crippen MR) is 338 cm³/mol. The van der Waals surface area contributed by atoms with E-state index >= 15 is 0 Å². The Balaban J connectivity index is 0.566. The van der Waals surface area contributed by atoms with Crippen LogP contribution in [0.25, 0.3) is 0 Å². The maximum Gasteiger partial charge on any atom is 0.442 e. The molecule has 0 bridgehead atoms. The summed E-state index contributed by atoms with van der Waals surface area (Å²) in [6.07, 6.45) is 11.5. The van der Waals surface area contributed by atoms with Gasteiger partial charge in [-0.3, -0.25) is 4.79 Å². The van der Waals surface area contributed by atoms with E-state index < -0.39 is 70.2 Å². The quantitative estimate of drug-likeness (QED) is 0.0173. The lowest BCUT2D eigenvalue weighted by Gasteiger charge is -2.61. The van der Waals surface area contributed by atoms with Crippen LogP contribution in [-0.4, -0.2) is 223 Å². The number of ether oxygens (including phenoxy) is 12. The number of halogens is 3. The van der Waals surface area contributed by atoms with Gasteiger partial charge in [0.2, 0.25) is 5.91 Å². The smallest absolute Gasteiger partial charge is 0.442 e. The van der Waals surface area contributed by atoms with Crippen molar-refractivity contribution in [1.29, 1.82) is 0 Å². The van der Waals surface area contributed by atoms with Crippen LogP contribution in [0, 0.1) is 0 Å². The van der Waals surface area contributed by atoms with Gasteiger partial charge in [-0.05, 0) is 98.1 Å². The molecule has 1 aromatic rings. The van der Waals surface area contributed by atoms with Crippen molar-refractivity contribution in [3.05, 3.63) is 65.8 Å². The molecule has 1 aromatic carbocycles. The topological polar surface area (TPSA) is 283 Å². The number of hydrogen-bond acceptors (Lipinski definition) is 21. The van der Waals surface area contributed by atoms with E-state index in [1.807, 2.05) is 36.9 Å². The number of carbonyl (C=O) groups excluding carboxylic acids is 3. The van der Waals surface area contributed by atoms with Crippen molar-refractivity contribution in [1.82, 2.24) is 16.0 Å². The summed E-state index contributed by atoms with van der Waals surface area (Å²) in [6, 6.07) is 3.65. The van der Waals surface area contributed by atoms with Crippen molar-refractivity contribution in [3.63, 3.8) is 0 Å². The number of hydrogen-bond donors (Lipinski definition) is 6. The van der Waals surface area contributed by atoms with Crippen molar-refractivity contribution in [3.8, 4) is 5.75 Å². The van der Waals surface area contributed by atoms with Gasteiger partial charge in [-0.1, -0.05) is 48.9 Å². The van der Waals surface area contributed by atoms with E-state index in [-0.39, 0.29) is 142 Å². The first-order chi connectivity index (χ1) is 45.4. The van der Waals surface area contributed by atoms with Gasteiger partial charge in [0.1, 0.15) is 41.3 Å². The number of rotatable bonds is 26. The first-order valence-corrected chi connectivity index (χ1v) is 35.4. The van der Waals surface area contributed by atoms with Gasteiger partial charge in [-0.2, -0.15) is 24.9 Å². The number of fused-ring (bicyclic) bond motifs is 8. The lowest BCUT2D eigenvalue weighted by atomic mass is 9.72. The lowest BCUT2D eigenvalue weighted by molar-refractivity contribution is -0.369. The third-order valence-corrected chi connectivity index (χ3v) is 22.8. The Kier molecular flexibility index (Phi) is 21.6. The predicted octanol–water partition coefficient (Wildman–Crippen LogP) is 7.43. The van der Waals surface area contributed by atoms with Gasteiger partial charge in [0.25, 0.3) is 0 Å². The van der Waals surface area contributed by atoms with Gasteiger partial charge >= 0.3 is 23.8 Å². The Morgan fingerprint density at radius 1 is 0.789 bits per heavy atom.